The first-order chi connectivity index (χ1) is 19.4. The molecule has 0 spiro atoms. The average Bonchev–Trinajstić information content (AvgIpc) is 2.98. The summed E-state index contributed by atoms with van der Waals surface area (Å²) >= 11 is 0. The molecule has 0 aromatic heterocycles. The molecule has 1 aromatic rings. The molecule has 0 aliphatic carbocycles. The molecule has 1 unspecified atom stereocenters. The van der Waals surface area contributed by atoms with Crippen LogP contribution >= 0.6 is 0 Å². The molecule has 0 aliphatic heterocycles. The van der Waals surface area contributed by atoms with Gasteiger partial charge in [-0.3, -0.25) is 9.59 Å². The largest absolute Gasteiger partial charge is 0.508 e. The number of nitrogens with zero attached hydrogens (tertiary/aromatic N) is 1. The summed E-state index contributed by atoms with van der Waals surface area (Å²) in [5.41, 5.74) is 1.55. The topological polar surface area (TPSA) is 104 Å². The molecule has 2 amide bonds. The Bertz CT molecular complexity index is 981. The number of hydrogen-bond acceptors (Lipinski definition) is 5. The maximum atomic E-state index is 13.1. The first-order valence-corrected chi connectivity index (χ1v) is 16.0. The standard InChI is InChI=1S/C22H36N2O5S.C5H10.C2H6.2C2H2/c1-5-8-14-24(4)22(27)20(16-30(28,29)19(10-6-2)11-7-3)23-21(26)17-12-9-13-18(25)15-17;1-4-5(2)3;3*1-2/h9,12-13,15,19-20,25H,5-8,10-11,14,16H2,1-4H3,(H,23,26);4H,1-3H3;1-2H3;2*1-2H. The third-order valence-corrected chi connectivity index (χ3v) is 7.93. The Morgan fingerprint density at radius 2 is 1.49 bits per heavy atom. The summed E-state index contributed by atoms with van der Waals surface area (Å²) in [6, 6.07) is 4.56. The quantitative estimate of drug-likeness (QED) is 0.198. The number of benzene rings is 1. The number of amides is 2. The number of carbonyl (C=O) groups excluding carboxylic acids is 2. The summed E-state index contributed by atoms with van der Waals surface area (Å²) in [6.07, 6.45) is 22.3. The van der Waals surface area contributed by atoms with Gasteiger partial charge in [0.15, 0.2) is 9.84 Å². The number of carbonyl (C=O) groups is 2. The van der Waals surface area contributed by atoms with Crippen molar-refractivity contribution in [2.45, 2.75) is 105 Å². The van der Waals surface area contributed by atoms with Crippen LogP contribution in [0.5, 0.6) is 5.75 Å². The molecule has 8 heteroatoms. The lowest BCUT2D eigenvalue weighted by atomic mass is 10.1. The van der Waals surface area contributed by atoms with Gasteiger partial charge in [-0.15, -0.1) is 25.7 Å². The summed E-state index contributed by atoms with van der Waals surface area (Å²) in [4.78, 5) is 27.1. The van der Waals surface area contributed by atoms with Gasteiger partial charge in [-0.2, -0.15) is 0 Å². The SMILES string of the molecule is C#C.C#C.CC.CC=C(C)C.CCCCN(C)C(=O)C(CS(=O)(=O)C(CCC)CCC)NC(=O)c1cccc(O)c1. The maximum Gasteiger partial charge on any atom is 0.252 e. The molecule has 41 heavy (non-hydrogen) atoms. The molecule has 0 aliphatic rings. The summed E-state index contributed by atoms with van der Waals surface area (Å²) in [7, 11) is -1.97. The van der Waals surface area contributed by atoms with E-state index in [9.17, 15) is 23.1 Å². The van der Waals surface area contributed by atoms with Crippen LogP contribution in [0, 0.1) is 25.7 Å². The van der Waals surface area contributed by atoms with E-state index < -0.39 is 38.7 Å². The van der Waals surface area contributed by atoms with E-state index in [1.807, 2.05) is 41.5 Å². The Hall–Kier alpha value is -3.23. The first-order valence-electron chi connectivity index (χ1n) is 14.3. The van der Waals surface area contributed by atoms with E-state index in [0.717, 1.165) is 25.7 Å². The van der Waals surface area contributed by atoms with Crippen LogP contribution in [0.3, 0.4) is 0 Å². The molecule has 7 nitrogen and oxygen atoms in total. The molecule has 0 saturated carbocycles. The van der Waals surface area contributed by atoms with Crippen molar-refractivity contribution in [2.75, 3.05) is 19.3 Å². The predicted molar refractivity (Wildman–Crippen MR) is 176 cm³/mol. The van der Waals surface area contributed by atoms with Crippen LogP contribution in [-0.2, 0) is 14.6 Å². The summed E-state index contributed by atoms with van der Waals surface area (Å²) in [6.45, 7) is 16.6. The van der Waals surface area contributed by atoms with Crippen molar-refractivity contribution in [1.29, 1.82) is 0 Å². The Kier molecular flexibility index (Phi) is 30.9. The highest BCUT2D eigenvalue weighted by molar-refractivity contribution is 7.92. The van der Waals surface area contributed by atoms with Crippen LogP contribution in [-0.4, -0.2) is 60.9 Å². The molecule has 0 heterocycles. The van der Waals surface area contributed by atoms with Crippen LogP contribution in [0.15, 0.2) is 35.9 Å². The van der Waals surface area contributed by atoms with Gasteiger partial charge in [0.05, 0.1) is 11.0 Å². The van der Waals surface area contributed by atoms with Crippen molar-refractivity contribution in [3.8, 4) is 31.4 Å². The van der Waals surface area contributed by atoms with Crippen LogP contribution in [0.25, 0.3) is 0 Å². The third kappa shape index (κ3) is 21.2. The van der Waals surface area contributed by atoms with Crippen molar-refractivity contribution < 1.29 is 23.1 Å². The van der Waals surface area contributed by atoms with Crippen molar-refractivity contribution in [2.24, 2.45) is 0 Å². The molecule has 234 valence electrons. The number of likely N-dealkylation sites (N-methyl/N-ethyl adjacent to an activating group) is 1. The highest BCUT2D eigenvalue weighted by Crippen LogP contribution is 2.18. The second kappa shape index (κ2) is 28.3. The van der Waals surface area contributed by atoms with Gasteiger partial charge in [0.2, 0.25) is 5.91 Å². The van der Waals surface area contributed by atoms with E-state index in [0.29, 0.717) is 19.4 Å². The highest BCUT2D eigenvalue weighted by atomic mass is 32.2. The van der Waals surface area contributed by atoms with Gasteiger partial charge < -0.3 is 15.3 Å². The van der Waals surface area contributed by atoms with Crippen molar-refractivity contribution in [3.63, 3.8) is 0 Å². The van der Waals surface area contributed by atoms with Gasteiger partial charge in [-0.25, -0.2) is 8.42 Å². The number of nitrogens with one attached hydrogen (secondary N) is 1. The van der Waals surface area contributed by atoms with E-state index in [2.05, 4.69) is 50.9 Å². The molecular weight excluding hydrogens is 536 g/mol. The minimum absolute atomic E-state index is 0.0795. The second-order valence-electron chi connectivity index (χ2n) is 9.08. The normalized spacial score (nSPS) is 10.3. The minimum Gasteiger partial charge on any atom is -0.508 e. The fourth-order valence-electron chi connectivity index (χ4n) is 3.35. The van der Waals surface area contributed by atoms with Crippen molar-refractivity contribution >= 4 is 21.7 Å². The van der Waals surface area contributed by atoms with Gasteiger partial charge >= 0.3 is 0 Å². The zero-order valence-electron chi connectivity index (χ0n) is 26.9. The lowest BCUT2D eigenvalue weighted by molar-refractivity contribution is -0.131. The molecule has 0 radical (unpaired) electrons. The van der Waals surface area contributed by atoms with Crippen molar-refractivity contribution in [3.05, 3.63) is 41.5 Å². The predicted octanol–water partition coefficient (Wildman–Crippen LogP) is 6.63. The van der Waals surface area contributed by atoms with Crippen LogP contribution in [0.4, 0.5) is 0 Å². The van der Waals surface area contributed by atoms with Gasteiger partial charge in [0.1, 0.15) is 11.8 Å². The number of rotatable bonds is 13. The Balaban J connectivity index is -0.000000539. The van der Waals surface area contributed by atoms with E-state index in [1.54, 1.807) is 7.05 Å². The Labute approximate surface area is 252 Å². The van der Waals surface area contributed by atoms with Crippen LogP contribution < -0.4 is 5.32 Å². The molecule has 0 fully saturated rings. The van der Waals surface area contributed by atoms with Gasteiger partial charge in [0.25, 0.3) is 5.91 Å². The molecule has 1 atom stereocenters. The zero-order valence-corrected chi connectivity index (χ0v) is 27.8. The number of allylic oxidation sites excluding steroid dienone is 2. The third-order valence-electron chi connectivity index (χ3n) is 5.64. The number of phenols is 1. The summed E-state index contributed by atoms with van der Waals surface area (Å²) in [5.74, 6) is -1.53. The molecule has 1 aromatic carbocycles. The second-order valence-corrected chi connectivity index (χ2v) is 11.4. The molecule has 2 N–H and O–H groups in total. The number of terminal acetylenes is 2. The smallest absolute Gasteiger partial charge is 0.252 e. The molecule has 1 rings (SSSR count). The van der Waals surface area contributed by atoms with Crippen LogP contribution in [0.2, 0.25) is 0 Å². The number of hydrogen-bond donors (Lipinski definition) is 2. The van der Waals surface area contributed by atoms with Crippen LogP contribution in [0.1, 0.15) is 104 Å². The Morgan fingerprint density at radius 1 is 1.00 bits per heavy atom. The number of aromatic hydroxyl groups is 1. The van der Waals surface area contributed by atoms with E-state index in [4.69, 9.17) is 0 Å². The highest BCUT2D eigenvalue weighted by Gasteiger charge is 2.33. The lowest BCUT2D eigenvalue weighted by Crippen LogP contribution is -2.52. The molecular formula is C33H56N2O5S. The summed E-state index contributed by atoms with van der Waals surface area (Å²) < 4.78 is 26.1. The molecule has 0 bridgehead atoms. The fraction of sp³-hybridized carbons (Fsp3) is 0.576. The lowest BCUT2D eigenvalue weighted by Gasteiger charge is -2.26. The zero-order chi connectivity index (χ0) is 33.0. The van der Waals surface area contributed by atoms with Gasteiger partial charge in [0, 0.05) is 19.2 Å². The van der Waals surface area contributed by atoms with E-state index in [1.165, 1.54) is 34.7 Å². The van der Waals surface area contributed by atoms with Crippen molar-refractivity contribution in [1.82, 2.24) is 10.2 Å². The fourth-order valence-corrected chi connectivity index (χ4v) is 5.50. The van der Waals surface area contributed by atoms with Gasteiger partial charge in [-0.05, 0) is 58.2 Å². The molecule has 0 saturated heterocycles. The Morgan fingerprint density at radius 3 is 1.88 bits per heavy atom. The van der Waals surface area contributed by atoms with Gasteiger partial charge in [-0.1, -0.05) is 71.6 Å². The number of unbranched alkanes of at least 4 members (excludes halogenated alkanes) is 1. The maximum absolute atomic E-state index is 13.1. The number of sulfone groups is 1. The average molecular weight is 593 g/mol. The number of phenolic OH excluding ortho intramolecular Hbond substituents is 1. The monoisotopic (exact) mass is 592 g/mol. The summed E-state index contributed by atoms with van der Waals surface area (Å²) in [5, 5.41) is 11.7. The van der Waals surface area contributed by atoms with E-state index in [-0.39, 0.29) is 11.3 Å². The first kappa shape index (κ1) is 44.8. The van der Waals surface area contributed by atoms with E-state index >= 15 is 0 Å². The minimum atomic E-state index is -3.59.